The fraction of sp³-hybridized carbons (Fsp3) is 0. The number of rotatable bonds is 0. The highest BCUT2D eigenvalue weighted by Crippen LogP contribution is 1.73. The van der Waals surface area contributed by atoms with Crippen LogP contribution in [0.25, 0.3) is 0 Å². The van der Waals surface area contributed by atoms with Crippen LogP contribution < -0.4 is 0 Å². The molecule has 0 N–H and O–H groups in total. The molecule has 0 bridgehead atoms. The number of hydrogen-bond donors (Lipinski definition) is 0. The standard InChI is InChI=1S/Al.FO2S.H/c;1-4(2)3;. The molecule has 2 nitrogen and oxygen atoms in total. The Morgan fingerprint density at radius 1 is 1.60 bits per heavy atom. The van der Waals surface area contributed by atoms with Crippen molar-refractivity contribution >= 4 is 23.7 Å². The summed E-state index contributed by atoms with van der Waals surface area (Å²) in [6.07, 6.45) is 0. The quantitative estimate of drug-likeness (QED) is 0.300. The van der Waals surface area contributed by atoms with E-state index in [4.69, 9.17) is 8.42 Å². The minimum atomic E-state index is -4.14. The molecule has 5 heteroatoms. The molecule has 0 aliphatic rings. The molecule has 0 unspecified atom stereocenters. The van der Waals surface area contributed by atoms with Gasteiger partial charge in [0.05, 0.1) is 0 Å². The lowest BCUT2D eigenvalue weighted by Gasteiger charge is -1.65. The highest BCUT2D eigenvalue weighted by atomic mass is 32.4. The Kier molecular flexibility index (Phi) is 1.35. The molecular formula is HAlFO2S. The largest absolute Gasteiger partial charge is 0.440 e. The minimum Gasteiger partial charge on any atom is -0.223 e. The molecule has 5 heavy (non-hydrogen) atoms. The van der Waals surface area contributed by atoms with Crippen molar-refractivity contribution in [2.24, 2.45) is 0 Å². The first-order chi connectivity index (χ1) is 2.00. The molecule has 0 fully saturated rings. The van der Waals surface area contributed by atoms with Crippen LogP contribution in [0, 0.1) is 0 Å². The van der Waals surface area contributed by atoms with Crippen molar-refractivity contribution in [2.75, 3.05) is 0 Å². The second-order valence-corrected chi connectivity index (χ2v) is 3.69. The summed E-state index contributed by atoms with van der Waals surface area (Å²) in [6.45, 7) is 0. The molecule has 0 aromatic rings. The van der Waals surface area contributed by atoms with Gasteiger partial charge < -0.3 is 0 Å². The Balaban J connectivity index is 4.06. The van der Waals surface area contributed by atoms with Crippen LogP contribution in [0.2, 0.25) is 0 Å². The van der Waals surface area contributed by atoms with Crippen LogP contribution in [0.1, 0.15) is 0 Å². The van der Waals surface area contributed by atoms with Crippen molar-refractivity contribution in [3.63, 3.8) is 0 Å². The number of halogens is 1. The normalized spacial score (nSPS) is 11.4. The highest BCUT2D eigenvalue weighted by Gasteiger charge is 1.86. The first-order valence-electron chi connectivity index (χ1n) is 0.776. The second kappa shape index (κ2) is 1.25. The molecule has 0 spiro atoms. The molecule has 0 aliphatic carbocycles. The summed E-state index contributed by atoms with van der Waals surface area (Å²) >= 11 is 0.317. The third-order valence-corrected chi connectivity index (χ3v) is 0. The van der Waals surface area contributed by atoms with Crippen LogP contribution in [-0.4, -0.2) is 23.6 Å². The van der Waals surface area contributed by atoms with E-state index in [1.165, 1.54) is 0 Å². The summed E-state index contributed by atoms with van der Waals surface area (Å²) in [5.41, 5.74) is 0. The van der Waals surface area contributed by atoms with Crippen LogP contribution >= 0.6 is 0 Å². The Hall–Kier alpha value is 0.412. The average molecular weight is 111 g/mol. The summed E-state index contributed by atoms with van der Waals surface area (Å²) in [6, 6.07) is 0. The van der Waals surface area contributed by atoms with Gasteiger partial charge in [0, 0.05) is 0 Å². The van der Waals surface area contributed by atoms with Gasteiger partial charge in [-0.15, -0.1) is 3.89 Å². The van der Waals surface area contributed by atoms with Crippen molar-refractivity contribution in [1.82, 2.24) is 0 Å². The molecule has 0 aromatic heterocycles. The van der Waals surface area contributed by atoms with E-state index in [1.54, 1.807) is 0 Å². The summed E-state index contributed by atoms with van der Waals surface area (Å²) in [4.78, 5) is 0. The first-order valence-corrected chi connectivity index (χ1v) is 4.06. The summed E-state index contributed by atoms with van der Waals surface area (Å²) < 4.78 is 28.6. The van der Waals surface area contributed by atoms with E-state index in [1.807, 2.05) is 0 Å². The average Bonchev–Trinajstić information content (AvgIpc) is 0.722. The molecule has 0 atom stereocenters. The Labute approximate surface area is 36.7 Å². The third kappa shape index (κ3) is 151. The molecule has 0 amide bonds. The van der Waals surface area contributed by atoms with Gasteiger partial charge in [-0.2, -0.15) is 0 Å². The van der Waals surface area contributed by atoms with Gasteiger partial charge in [-0.25, -0.2) is 8.42 Å². The summed E-state index contributed by atoms with van der Waals surface area (Å²) in [5, 5.41) is 0. The molecular weight excluding hydrogens is 110 g/mol. The lowest BCUT2D eigenvalue weighted by Crippen LogP contribution is -1.82. The van der Waals surface area contributed by atoms with E-state index in [0.29, 0.717) is 15.2 Å². The van der Waals surface area contributed by atoms with Gasteiger partial charge in [0.2, 0.25) is 0 Å². The van der Waals surface area contributed by atoms with Crippen molar-refractivity contribution in [2.45, 2.75) is 0 Å². The van der Waals surface area contributed by atoms with Gasteiger partial charge in [-0.1, -0.05) is 0 Å². The van der Waals surface area contributed by atoms with E-state index < -0.39 is 8.59 Å². The lowest BCUT2D eigenvalue weighted by molar-refractivity contribution is 0.569. The van der Waals surface area contributed by atoms with Crippen LogP contribution in [0.3, 0.4) is 0 Å². The van der Waals surface area contributed by atoms with Gasteiger partial charge in [-0.05, 0) is 0 Å². The Morgan fingerprint density at radius 2 is 1.60 bits per heavy atom. The van der Waals surface area contributed by atoms with Crippen molar-refractivity contribution in [3.8, 4) is 0 Å². The smallest absolute Gasteiger partial charge is 0.223 e. The SMILES string of the molecule is O=[S](=O)(F)[AlH]. The van der Waals surface area contributed by atoms with Gasteiger partial charge in [0.15, 0.2) is 8.59 Å². The van der Waals surface area contributed by atoms with E-state index in [0.717, 1.165) is 0 Å². The molecule has 0 saturated carbocycles. The third-order valence-electron chi connectivity index (χ3n) is 0. The molecule has 0 saturated heterocycles. The molecule has 0 aliphatic heterocycles. The van der Waals surface area contributed by atoms with E-state index >= 15 is 0 Å². The molecule has 0 heterocycles. The molecule has 0 rings (SSSR count). The zero-order valence-electron chi connectivity index (χ0n) is 2.31. The second-order valence-electron chi connectivity index (χ2n) is 0.539. The lowest BCUT2D eigenvalue weighted by atomic mass is 15.9. The molecule has 1 radical (unpaired) electrons. The maximum absolute atomic E-state index is 10.7. The zero-order valence-corrected chi connectivity index (χ0v) is 4.54. The maximum Gasteiger partial charge on any atom is 0.440 e. The predicted octanol–water partition coefficient (Wildman–Crippen LogP) is -0.898. The zero-order chi connectivity index (χ0) is 4.50. The van der Waals surface area contributed by atoms with Gasteiger partial charge >= 0.3 is 15.2 Å². The minimum absolute atomic E-state index is 0.317. The topological polar surface area (TPSA) is 34.1 Å². The summed E-state index contributed by atoms with van der Waals surface area (Å²) in [7, 11) is -4.14. The predicted molar refractivity (Wildman–Crippen MR) is 17.2 cm³/mol. The fourth-order valence-electron chi connectivity index (χ4n) is 0. The van der Waals surface area contributed by atoms with Crippen molar-refractivity contribution in [1.29, 1.82) is 0 Å². The van der Waals surface area contributed by atoms with E-state index in [9.17, 15) is 3.89 Å². The van der Waals surface area contributed by atoms with Gasteiger partial charge in [0.25, 0.3) is 0 Å². The van der Waals surface area contributed by atoms with Crippen LogP contribution in [0.4, 0.5) is 3.89 Å². The first kappa shape index (κ1) is 5.41. The van der Waals surface area contributed by atoms with Crippen LogP contribution in [0.5, 0.6) is 0 Å². The van der Waals surface area contributed by atoms with Crippen LogP contribution in [-0.2, 0) is 8.59 Å². The van der Waals surface area contributed by atoms with Gasteiger partial charge in [-0.3, -0.25) is 0 Å². The molecule has 29 valence electrons. The number of hydrogen-bond acceptors (Lipinski definition) is 2. The van der Waals surface area contributed by atoms with E-state index in [2.05, 4.69) is 0 Å². The van der Waals surface area contributed by atoms with Crippen LogP contribution in [0.15, 0.2) is 0 Å². The Morgan fingerprint density at radius 3 is 1.60 bits per heavy atom. The van der Waals surface area contributed by atoms with E-state index in [-0.39, 0.29) is 0 Å². The Bertz CT molecular complexity index is 92.8. The maximum atomic E-state index is 10.7. The fourth-order valence-corrected chi connectivity index (χ4v) is 0. The van der Waals surface area contributed by atoms with Crippen molar-refractivity contribution < 1.29 is 12.3 Å². The monoisotopic (exact) mass is 111 g/mol. The van der Waals surface area contributed by atoms with Gasteiger partial charge in [0.1, 0.15) is 0 Å². The highest BCUT2D eigenvalue weighted by molar-refractivity contribution is 8.08. The molecule has 0 aromatic carbocycles. The summed E-state index contributed by atoms with van der Waals surface area (Å²) in [5.74, 6) is 0. The van der Waals surface area contributed by atoms with Crippen molar-refractivity contribution in [3.05, 3.63) is 0 Å².